The van der Waals surface area contributed by atoms with Gasteiger partial charge in [0.2, 0.25) is 17.6 Å². The molecule has 2 aromatic carbocycles. The number of hydrogen-bond donors (Lipinski definition) is 1. The van der Waals surface area contributed by atoms with E-state index in [1.54, 1.807) is 0 Å². The molecule has 1 fully saturated rings. The molecule has 0 spiro atoms. The lowest BCUT2D eigenvalue weighted by Crippen LogP contribution is -2.41. The first-order chi connectivity index (χ1) is 15.0. The van der Waals surface area contributed by atoms with Crippen molar-refractivity contribution >= 4 is 5.91 Å². The number of hydrogen-bond acceptors (Lipinski definition) is 5. The highest BCUT2D eigenvalue weighted by molar-refractivity contribution is 5.79. The van der Waals surface area contributed by atoms with E-state index in [0.29, 0.717) is 18.3 Å². The second-order valence-electron chi connectivity index (χ2n) is 8.50. The molecule has 3 aromatic rings. The first-order valence-electron chi connectivity index (χ1n) is 11.0. The molecule has 0 saturated carbocycles. The molecule has 6 heteroatoms. The minimum absolute atomic E-state index is 0.0135. The highest BCUT2D eigenvalue weighted by Gasteiger charge is 2.27. The van der Waals surface area contributed by atoms with E-state index in [4.69, 9.17) is 4.52 Å². The van der Waals surface area contributed by atoms with Gasteiger partial charge >= 0.3 is 0 Å². The van der Waals surface area contributed by atoms with Gasteiger partial charge in [0.05, 0.1) is 12.6 Å². The normalized spacial score (nSPS) is 16.2. The van der Waals surface area contributed by atoms with E-state index in [0.717, 1.165) is 37.1 Å². The Hall–Kier alpha value is -2.99. The Morgan fingerprint density at radius 3 is 2.58 bits per heavy atom. The number of benzene rings is 2. The van der Waals surface area contributed by atoms with E-state index in [1.165, 1.54) is 11.1 Å². The summed E-state index contributed by atoms with van der Waals surface area (Å²) >= 11 is 0. The summed E-state index contributed by atoms with van der Waals surface area (Å²) in [6, 6.07) is 16.2. The second kappa shape index (κ2) is 9.43. The molecule has 2 heterocycles. The van der Waals surface area contributed by atoms with Gasteiger partial charge in [-0.2, -0.15) is 4.98 Å². The number of amides is 1. The second-order valence-corrected chi connectivity index (χ2v) is 8.50. The summed E-state index contributed by atoms with van der Waals surface area (Å²) < 4.78 is 5.43. The quantitative estimate of drug-likeness (QED) is 0.641. The topological polar surface area (TPSA) is 71.3 Å². The van der Waals surface area contributed by atoms with E-state index >= 15 is 0 Å². The van der Waals surface area contributed by atoms with Crippen LogP contribution in [0, 0.1) is 19.8 Å². The van der Waals surface area contributed by atoms with Crippen LogP contribution in [0.15, 0.2) is 53.1 Å². The third-order valence-electron chi connectivity index (χ3n) is 6.21. The van der Waals surface area contributed by atoms with Gasteiger partial charge in [-0.25, -0.2) is 0 Å². The third-order valence-corrected chi connectivity index (χ3v) is 6.21. The lowest BCUT2D eigenvalue weighted by Gasteiger charge is -2.31. The number of likely N-dealkylation sites (tertiary alicyclic amines) is 1. The molecule has 162 valence electrons. The fourth-order valence-corrected chi connectivity index (χ4v) is 4.02. The van der Waals surface area contributed by atoms with Crippen LogP contribution in [-0.2, 0) is 11.3 Å². The van der Waals surface area contributed by atoms with Crippen LogP contribution in [-0.4, -0.2) is 34.0 Å². The molecule has 1 saturated heterocycles. The van der Waals surface area contributed by atoms with Gasteiger partial charge in [0.1, 0.15) is 0 Å². The molecule has 6 nitrogen and oxygen atoms in total. The third kappa shape index (κ3) is 5.20. The van der Waals surface area contributed by atoms with Crippen molar-refractivity contribution in [3.8, 4) is 11.4 Å². The Balaban J connectivity index is 1.27. The number of carbonyl (C=O) groups is 1. The van der Waals surface area contributed by atoms with Crippen LogP contribution < -0.4 is 5.32 Å². The summed E-state index contributed by atoms with van der Waals surface area (Å²) in [6.07, 6.45) is 1.68. The number of piperidine rings is 1. The van der Waals surface area contributed by atoms with Crippen molar-refractivity contribution in [1.82, 2.24) is 20.4 Å². The largest absolute Gasteiger partial charge is 0.349 e. The van der Waals surface area contributed by atoms with Crippen LogP contribution in [0.5, 0.6) is 0 Å². The van der Waals surface area contributed by atoms with Crippen molar-refractivity contribution in [3.05, 3.63) is 71.1 Å². The smallest absolute Gasteiger partial charge is 0.241 e. The van der Waals surface area contributed by atoms with E-state index in [-0.39, 0.29) is 17.9 Å². The Kier molecular flexibility index (Phi) is 6.47. The Bertz CT molecular complexity index is 1020. The zero-order valence-corrected chi connectivity index (χ0v) is 18.5. The average molecular weight is 419 g/mol. The van der Waals surface area contributed by atoms with Crippen LogP contribution in [0.2, 0.25) is 0 Å². The molecule has 1 aromatic heterocycles. The Labute approximate surface area is 183 Å². The summed E-state index contributed by atoms with van der Waals surface area (Å²) in [7, 11) is 0. The monoisotopic (exact) mass is 418 g/mol. The number of carbonyl (C=O) groups excluding carboxylic acids is 1. The van der Waals surface area contributed by atoms with E-state index in [9.17, 15) is 4.79 Å². The molecular formula is C25H30N4O2. The van der Waals surface area contributed by atoms with Gasteiger partial charge in [-0.15, -0.1) is 0 Å². The van der Waals surface area contributed by atoms with Gasteiger partial charge in [0, 0.05) is 11.5 Å². The van der Waals surface area contributed by atoms with Crippen molar-refractivity contribution < 1.29 is 9.32 Å². The zero-order valence-electron chi connectivity index (χ0n) is 18.5. The van der Waals surface area contributed by atoms with Crippen LogP contribution in [0.25, 0.3) is 11.4 Å². The van der Waals surface area contributed by atoms with Crippen LogP contribution in [0.1, 0.15) is 48.4 Å². The molecule has 0 aliphatic carbocycles. The summed E-state index contributed by atoms with van der Waals surface area (Å²) in [5.41, 5.74) is 4.63. The van der Waals surface area contributed by atoms with E-state index < -0.39 is 0 Å². The lowest BCUT2D eigenvalue weighted by atomic mass is 9.95. The van der Waals surface area contributed by atoms with Crippen molar-refractivity contribution in [2.45, 2.75) is 46.2 Å². The molecule has 1 amide bonds. The predicted molar refractivity (Wildman–Crippen MR) is 120 cm³/mol. The molecule has 1 unspecified atom stereocenters. The number of aryl methyl sites for hydroxylation is 2. The molecular weight excluding hydrogens is 388 g/mol. The highest BCUT2D eigenvalue weighted by Crippen LogP contribution is 2.22. The van der Waals surface area contributed by atoms with Crippen molar-refractivity contribution in [1.29, 1.82) is 0 Å². The Morgan fingerprint density at radius 2 is 1.87 bits per heavy atom. The first-order valence-corrected chi connectivity index (χ1v) is 11.0. The summed E-state index contributed by atoms with van der Waals surface area (Å²) in [4.78, 5) is 19.6. The fourth-order valence-electron chi connectivity index (χ4n) is 4.02. The van der Waals surface area contributed by atoms with Gasteiger partial charge in [-0.1, -0.05) is 53.7 Å². The number of aromatic nitrogens is 2. The summed E-state index contributed by atoms with van der Waals surface area (Å²) in [5.74, 6) is 1.43. The molecule has 1 aliphatic heterocycles. The van der Waals surface area contributed by atoms with E-state index in [2.05, 4.69) is 59.3 Å². The maximum absolute atomic E-state index is 12.8. The van der Waals surface area contributed by atoms with Crippen LogP contribution in [0.3, 0.4) is 0 Å². The van der Waals surface area contributed by atoms with Crippen molar-refractivity contribution in [2.24, 2.45) is 5.92 Å². The molecule has 1 N–H and O–H groups in total. The number of nitrogens with zero attached hydrogens (tertiary/aromatic N) is 3. The average Bonchev–Trinajstić information content (AvgIpc) is 3.25. The highest BCUT2D eigenvalue weighted by atomic mass is 16.5. The summed E-state index contributed by atoms with van der Waals surface area (Å²) in [6.45, 7) is 8.57. The minimum atomic E-state index is 0.0135. The first kappa shape index (κ1) is 21.2. The Morgan fingerprint density at radius 1 is 1.13 bits per heavy atom. The van der Waals surface area contributed by atoms with Gasteiger partial charge in [-0.05, 0) is 63.4 Å². The molecule has 31 heavy (non-hydrogen) atoms. The van der Waals surface area contributed by atoms with Crippen molar-refractivity contribution in [3.63, 3.8) is 0 Å². The standard InChI is InChI=1S/C25H30N4O2/c1-17-9-10-22(15-18(17)2)19(3)26-25(30)21-11-13-29(14-12-21)16-23-27-24(28-31-23)20-7-5-4-6-8-20/h4-10,15,19,21H,11-14,16H2,1-3H3,(H,26,30). The predicted octanol–water partition coefficient (Wildman–Crippen LogP) is 4.44. The fraction of sp³-hybridized carbons (Fsp3) is 0.400. The lowest BCUT2D eigenvalue weighted by molar-refractivity contribution is -0.127. The minimum Gasteiger partial charge on any atom is -0.349 e. The van der Waals surface area contributed by atoms with E-state index in [1.807, 2.05) is 30.3 Å². The SMILES string of the molecule is Cc1ccc(C(C)NC(=O)C2CCN(Cc3nc(-c4ccccc4)no3)CC2)cc1C. The van der Waals surface area contributed by atoms with Gasteiger partial charge in [0.15, 0.2) is 0 Å². The van der Waals surface area contributed by atoms with Gasteiger partial charge < -0.3 is 9.84 Å². The van der Waals surface area contributed by atoms with Crippen LogP contribution in [0.4, 0.5) is 0 Å². The molecule has 0 bridgehead atoms. The number of rotatable bonds is 6. The molecule has 1 atom stereocenters. The van der Waals surface area contributed by atoms with Crippen molar-refractivity contribution in [2.75, 3.05) is 13.1 Å². The van der Waals surface area contributed by atoms with Crippen LogP contribution >= 0.6 is 0 Å². The molecule has 4 rings (SSSR count). The summed E-state index contributed by atoms with van der Waals surface area (Å²) in [5, 5.41) is 7.29. The van der Waals surface area contributed by atoms with Gasteiger partial charge in [-0.3, -0.25) is 9.69 Å². The number of nitrogens with one attached hydrogen (secondary N) is 1. The maximum atomic E-state index is 12.8. The molecule has 1 aliphatic rings. The van der Waals surface area contributed by atoms with Gasteiger partial charge in [0.25, 0.3) is 0 Å². The maximum Gasteiger partial charge on any atom is 0.241 e. The zero-order chi connectivity index (χ0) is 21.8. The molecule has 0 radical (unpaired) electrons.